The van der Waals surface area contributed by atoms with Crippen molar-refractivity contribution >= 4 is 15.4 Å². The second-order valence-corrected chi connectivity index (χ2v) is 8.39. The van der Waals surface area contributed by atoms with E-state index in [0.29, 0.717) is 17.6 Å². The van der Waals surface area contributed by atoms with Gasteiger partial charge in [-0.05, 0) is 36.6 Å². The minimum atomic E-state index is -2.37. The first-order valence-electron chi connectivity index (χ1n) is 7.40. The molecule has 1 aliphatic heterocycles. The van der Waals surface area contributed by atoms with Gasteiger partial charge in [-0.1, -0.05) is 49.7 Å². The molecular formula is C18H21NOS. The molecule has 2 atom stereocenters. The number of hydrogen-bond acceptors (Lipinski definition) is 2. The highest BCUT2D eigenvalue weighted by molar-refractivity contribution is 7.93. The zero-order valence-corrected chi connectivity index (χ0v) is 13.6. The van der Waals surface area contributed by atoms with Gasteiger partial charge in [0.2, 0.25) is 0 Å². The first-order valence-corrected chi connectivity index (χ1v) is 9.08. The quantitative estimate of drug-likeness (QED) is 0.775. The highest BCUT2D eigenvalue weighted by Gasteiger charge is 2.29. The van der Waals surface area contributed by atoms with Crippen molar-refractivity contribution in [1.29, 1.82) is 0 Å². The van der Waals surface area contributed by atoms with Crippen molar-refractivity contribution in [2.45, 2.75) is 31.6 Å². The van der Waals surface area contributed by atoms with Crippen LogP contribution in [-0.2, 0) is 9.73 Å². The second kappa shape index (κ2) is 5.30. The van der Waals surface area contributed by atoms with E-state index in [9.17, 15) is 4.21 Å². The molecule has 0 aliphatic carbocycles. The molecule has 0 amide bonds. The molecule has 110 valence electrons. The van der Waals surface area contributed by atoms with Crippen LogP contribution in [0.25, 0.3) is 0 Å². The van der Waals surface area contributed by atoms with E-state index < -0.39 is 9.73 Å². The Kier molecular flexibility index (Phi) is 3.62. The van der Waals surface area contributed by atoms with Crippen molar-refractivity contribution in [3.05, 3.63) is 59.7 Å². The van der Waals surface area contributed by atoms with E-state index in [1.165, 1.54) is 11.1 Å². The number of hydrogen-bond donors (Lipinski definition) is 0. The minimum absolute atomic E-state index is 0.299. The first kappa shape index (κ1) is 14.3. The van der Waals surface area contributed by atoms with Crippen molar-refractivity contribution < 1.29 is 4.21 Å². The van der Waals surface area contributed by atoms with E-state index in [-0.39, 0.29) is 0 Å². The summed E-state index contributed by atoms with van der Waals surface area (Å²) in [5, 5.41) is 0. The summed E-state index contributed by atoms with van der Waals surface area (Å²) in [6.45, 7) is 6.43. The first-order chi connectivity index (χ1) is 9.99. The van der Waals surface area contributed by atoms with Crippen LogP contribution < -0.4 is 0 Å². The number of fused-ring (bicyclic) bond motifs is 1. The van der Waals surface area contributed by atoms with Gasteiger partial charge in [0.1, 0.15) is 0 Å². The molecule has 2 aromatic rings. The number of aryl methyl sites for hydroxylation is 1. The van der Waals surface area contributed by atoms with Crippen molar-refractivity contribution in [3.63, 3.8) is 0 Å². The zero-order valence-electron chi connectivity index (χ0n) is 12.7. The number of rotatable bonds is 2. The van der Waals surface area contributed by atoms with Gasteiger partial charge in [-0.2, -0.15) is 4.36 Å². The molecule has 3 heteroatoms. The average Bonchev–Trinajstić information content (AvgIpc) is 2.46. The van der Waals surface area contributed by atoms with Crippen LogP contribution in [0.3, 0.4) is 0 Å². The third-order valence-electron chi connectivity index (χ3n) is 4.18. The molecule has 0 spiro atoms. The molecule has 0 radical (unpaired) electrons. The Morgan fingerprint density at radius 2 is 1.76 bits per heavy atom. The number of benzene rings is 2. The van der Waals surface area contributed by atoms with Crippen LogP contribution in [0.4, 0.5) is 5.69 Å². The topological polar surface area (TPSA) is 29.4 Å². The van der Waals surface area contributed by atoms with E-state index in [1.54, 1.807) is 0 Å². The molecule has 1 unspecified atom stereocenters. The van der Waals surface area contributed by atoms with Crippen LogP contribution in [0, 0.1) is 12.8 Å². The van der Waals surface area contributed by atoms with E-state index in [2.05, 4.69) is 24.3 Å². The predicted molar refractivity (Wildman–Crippen MR) is 88.6 cm³/mol. The maximum Gasteiger partial charge on any atom is 0.0806 e. The third-order valence-corrected chi connectivity index (χ3v) is 6.49. The fraction of sp³-hybridized carbons (Fsp3) is 0.333. The fourth-order valence-corrected chi connectivity index (χ4v) is 5.33. The van der Waals surface area contributed by atoms with Gasteiger partial charge in [0.05, 0.1) is 15.4 Å². The molecule has 1 heterocycles. The van der Waals surface area contributed by atoms with Gasteiger partial charge in [-0.3, -0.25) is 0 Å². The van der Waals surface area contributed by atoms with Crippen LogP contribution in [0.5, 0.6) is 0 Å². The average molecular weight is 299 g/mol. The Hall–Kier alpha value is -1.61. The van der Waals surface area contributed by atoms with Gasteiger partial charge in [-0.25, -0.2) is 4.21 Å². The van der Waals surface area contributed by atoms with E-state index in [1.807, 2.05) is 49.4 Å². The summed E-state index contributed by atoms with van der Waals surface area (Å²) in [6.07, 6.45) is 0. The molecule has 2 aromatic carbocycles. The summed E-state index contributed by atoms with van der Waals surface area (Å²) < 4.78 is 18.1. The normalized spacial score (nSPS) is 24.5. The third kappa shape index (κ3) is 2.62. The minimum Gasteiger partial charge on any atom is -0.244 e. The van der Waals surface area contributed by atoms with Crippen molar-refractivity contribution in [3.8, 4) is 0 Å². The smallest absolute Gasteiger partial charge is 0.0806 e. The molecule has 0 saturated heterocycles. The Labute approximate surface area is 127 Å². The van der Waals surface area contributed by atoms with Crippen molar-refractivity contribution in [1.82, 2.24) is 0 Å². The maximum absolute atomic E-state index is 13.4. The summed E-state index contributed by atoms with van der Waals surface area (Å²) in [5.74, 6) is 1.37. The largest absolute Gasteiger partial charge is 0.244 e. The van der Waals surface area contributed by atoms with Crippen LogP contribution >= 0.6 is 0 Å². The number of nitrogens with zero attached hydrogens (tertiary/aromatic N) is 1. The van der Waals surface area contributed by atoms with Crippen LogP contribution in [-0.4, -0.2) is 9.96 Å². The molecule has 0 saturated carbocycles. The van der Waals surface area contributed by atoms with E-state index >= 15 is 0 Å². The predicted octanol–water partition coefficient (Wildman–Crippen LogP) is 4.91. The van der Waals surface area contributed by atoms with Crippen molar-refractivity contribution in [2.24, 2.45) is 10.3 Å². The summed E-state index contributed by atoms with van der Waals surface area (Å²) >= 11 is 0. The highest BCUT2D eigenvalue weighted by Crippen LogP contribution is 2.40. The lowest BCUT2D eigenvalue weighted by Gasteiger charge is -2.28. The lowest BCUT2D eigenvalue weighted by atomic mass is 9.89. The molecule has 2 nitrogen and oxygen atoms in total. The van der Waals surface area contributed by atoms with Crippen molar-refractivity contribution in [2.75, 3.05) is 5.75 Å². The highest BCUT2D eigenvalue weighted by atomic mass is 32.2. The van der Waals surface area contributed by atoms with Crippen LogP contribution in [0.15, 0.2) is 57.8 Å². The van der Waals surface area contributed by atoms with Crippen LogP contribution in [0.2, 0.25) is 0 Å². The van der Waals surface area contributed by atoms with Gasteiger partial charge in [0.15, 0.2) is 0 Å². The molecule has 0 N–H and O–H groups in total. The summed E-state index contributed by atoms with van der Waals surface area (Å²) in [5.41, 5.74) is 3.31. The molecule has 21 heavy (non-hydrogen) atoms. The lowest BCUT2D eigenvalue weighted by Crippen LogP contribution is -2.22. The van der Waals surface area contributed by atoms with Gasteiger partial charge in [-0.15, -0.1) is 0 Å². The Morgan fingerprint density at radius 3 is 2.43 bits per heavy atom. The Morgan fingerprint density at radius 1 is 1.10 bits per heavy atom. The second-order valence-electron chi connectivity index (χ2n) is 6.12. The summed E-state index contributed by atoms with van der Waals surface area (Å²) in [6, 6.07) is 16.1. The molecule has 3 rings (SSSR count). The Bertz CT molecular complexity index is 768. The molecule has 1 aliphatic rings. The van der Waals surface area contributed by atoms with Gasteiger partial charge < -0.3 is 0 Å². The summed E-state index contributed by atoms with van der Waals surface area (Å²) in [4.78, 5) is 0.855. The van der Waals surface area contributed by atoms with E-state index in [4.69, 9.17) is 0 Å². The Balaban J connectivity index is 2.18. The summed E-state index contributed by atoms with van der Waals surface area (Å²) in [7, 11) is -2.37. The van der Waals surface area contributed by atoms with Crippen LogP contribution in [0.1, 0.15) is 30.9 Å². The SMILES string of the molecule is Cc1ccc(S2(=O)=Nc3ccccc3[C@H](C(C)C)C2)cc1. The standard InChI is InChI=1S/C18H21NOS/c1-13(2)17-12-21(20,15-10-8-14(3)9-11-15)19-18-7-5-4-6-16(17)18/h4-11,13,17H,12H2,1-3H3/t17-,21?/m0/s1. The van der Waals surface area contributed by atoms with E-state index in [0.717, 1.165) is 10.6 Å². The maximum atomic E-state index is 13.4. The van der Waals surface area contributed by atoms with Gasteiger partial charge in [0, 0.05) is 16.6 Å². The fourth-order valence-electron chi connectivity index (χ4n) is 2.86. The van der Waals surface area contributed by atoms with Gasteiger partial charge >= 0.3 is 0 Å². The molecule has 0 aromatic heterocycles. The zero-order chi connectivity index (χ0) is 15.0. The lowest BCUT2D eigenvalue weighted by molar-refractivity contribution is 0.531. The van der Waals surface area contributed by atoms with Gasteiger partial charge in [0.25, 0.3) is 0 Å². The molecule has 0 fully saturated rings. The molecule has 0 bridgehead atoms. The molecular weight excluding hydrogens is 278 g/mol. The monoisotopic (exact) mass is 299 g/mol.